The van der Waals surface area contributed by atoms with E-state index < -0.39 is 60.6 Å². The first-order chi connectivity index (χ1) is 12.6. The molecule has 9 N–H and O–H groups in total. The molecule has 27 heavy (non-hydrogen) atoms. The van der Waals surface area contributed by atoms with Crippen LogP contribution in [0.15, 0.2) is 12.5 Å². The molecule has 0 fully saturated rings. The van der Waals surface area contributed by atoms with Crippen molar-refractivity contribution in [2.75, 3.05) is 0 Å². The Morgan fingerprint density at radius 1 is 1.07 bits per heavy atom. The highest BCUT2D eigenvalue weighted by Gasteiger charge is 2.30. The van der Waals surface area contributed by atoms with E-state index in [-0.39, 0.29) is 6.42 Å². The van der Waals surface area contributed by atoms with Crippen molar-refractivity contribution in [3.8, 4) is 0 Å². The number of carboxylic acids is 2. The number of H-pyrrole nitrogens is 1. The minimum Gasteiger partial charge on any atom is -0.481 e. The summed E-state index contributed by atoms with van der Waals surface area (Å²) in [4.78, 5) is 63.7. The fourth-order valence-corrected chi connectivity index (χ4v) is 2.06. The zero-order valence-electron chi connectivity index (χ0n) is 14.0. The number of imidazole rings is 1. The molecule has 1 rings (SSSR count). The highest BCUT2D eigenvalue weighted by molar-refractivity contribution is 5.95. The number of nitrogens with two attached hydrogens (primary N) is 2. The van der Waals surface area contributed by atoms with Crippen molar-refractivity contribution in [3.63, 3.8) is 0 Å². The fraction of sp³-hybridized carbons (Fsp3) is 0.429. The summed E-state index contributed by atoms with van der Waals surface area (Å²) in [7, 11) is 0. The molecule has 13 nitrogen and oxygen atoms in total. The maximum Gasteiger partial charge on any atom is 0.326 e. The zero-order chi connectivity index (χ0) is 20.6. The standard InChI is InChI=1S/C14H20N6O7/c15-7(2-10(16)21)12(24)19-8(3-11(22)23)13(25)20-9(14(26)27)1-6-4-17-5-18-6/h4-5,7-9H,1-3,15H2,(H2,16,21)(H,17,18)(H,19,24)(H,20,25)(H,22,23)(H,26,27). The third kappa shape index (κ3) is 7.52. The third-order valence-corrected chi connectivity index (χ3v) is 3.36. The van der Waals surface area contributed by atoms with Gasteiger partial charge >= 0.3 is 11.9 Å². The molecule has 3 atom stereocenters. The molecular weight excluding hydrogens is 364 g/mol. The molecule has 3 amide bonds. The number of aromatic amines is 1. The first kappa shape index (κ1) is 21.6. The minimum absolute atomic E-state index is 0.143. The molecule has 1 heterocycles. The maximum absolute atomic E-state index is 12.3. The van der Waals surface area contributed by atoms with Gasteiger partial charge in [-0.1, -0.05) is 0 Å². The maximum atomic E-state index is 12.3. The molecule has 1 aromatic heterocycles. The summed E-state index contributed by atoms with van der Waals surface area (Å²) in [6, 6.07) is -4.38. The van der Waals surface area contributed by atoms with E-state index in [0.717, 1.165) is 0 Å². The van der Waals surface area contributed by atoms with Crippen LogP contribution < -0.4 is 22.1 Å². The number of carbonyl (C=O) groups excluding carboxylic acids is 3. The Kier molecular flexibility index (Phi) is 7.88. The van der Waals surface area contributed by atoms with E-state index >= 15 is 0 Å². The van der Waals surface area contributed by atoms with Crippen LogP contribution in [0.2, 0.25) is 0 Å². The summed E-state index contributed by atoms with van der Waals surface area (Å²) < 4.78 is 0. The largest absolute Gasteiger partial charge is 0.481 e. The Labute approximate surface area is 152 Å². The SMILES string of the molecule is NC(=O)CC(N)C(=O)NC(CC(=O)O)C(=O)NC(Cc1cnc[nH]1)C(=O)O. The van der Waals surface area contributed by atoms with Gasteiger partial charge in [-0.15, -0.1) is 0 Å². The molecule has 0 aliphatic carbocycles. The Balaban J connectivity index is 2.82. The molecular formula is C14H20N6O7. The lowest BCUT2D eigenvalue weighted by atomic mass is 10.1. The number of aliphatic carboxylic acids is 2. The van der Waals surface area contributed by atoms with Crippen LogP contribution in [0.1, 0.15) is 18.5 Å². The van der Waals surface area contributed by atoms with Crippen molar-refractivity contribution < 1.29 is 34.2 Å². The van der Waals surface area contributed by atoms with Crippen LogP contribution in [0.5, 0.6) is 0 Å². The van der Waals surface area contributed by atoms with E-state index in [1.807, 2.05) is 0 Å². The van der Waals surface area contributed by atoms with Crippen molar-refractivity contribution >= 4 is 29.7 Å². The van der Waals surface area contributed by atoms with Crippen molar-refractivity contribution in [2.45, 2.75) is 37.4 Å². The molecule has 0 saturated heterocycles. The molecule has 0 saturated carbocycles. The lowest BCUT2D eigenvalue weighted by Crippen LogP contribution is -2.55. The molecule has 1 aromatic rings. The van der Waals surface area contributed by atoms with Crippen LogP contribution in [0.4, 0.5) is 0 Å². The molecule has 0 aromatic carbocycles. The highest BCUT2D eigenvalue weighted by atomic mass is 16.4. The van der Waals surface area contributed by atoms with Crippen molar-refractivity contribution in [2.24, 2.45) is 11.5 Å². The van der Waals surface area contributed by atoms with Crippen LogP contribution in [0.3, 0.4) is 0 Å². The highest BCUT2D eigenvalue weighted by Crippen LogP contribution is 2.02. The number of nitrogens with one attached hydrogen (secondary N) is 3. The average Bonchev–Trinajstić information content (AvgIpc) is 3.05. The van der Waals surface area contributed by atoms with E-state index in [9.17, 15) is 29.1 Å². The van der Waals surface area contributed by atoms with Crippen molar-refractivity contribution in [1.82, 2.24) is 20.6 Å². The average molecular weight is 384 g/mol. The topological polar surface area (TPSA) is 231 Å². The quantitative estimate of drug-likeness (QED) is 0.202. The molecule has 0 spiro atoms. The van der Waals surface area contributed by atoms with Gasteiger partial charge in [0, 0.05) is 18.3 Å². The summed E-state index contributed by atoms with van der Waals surface area (Å²) in [5, 5.41) is 22.4. The van der Waals surface area contributed by atoms with E-state index in [1.54, 1.807) is 0 Å². The van der Waals surface area contributed by atoms with Crippen LogP contribution in [-0.4, -0.2) is 68.0 Å². The first-order valence-electron chi connectivity index (χ1n) is 7.66. The number of aromatic nitrogens is 2. The zero-order valence-corrected chi connectivity index (χ0v) is 14.0. The number of hydrogen-bond acceptors (Lipinski definition) is 7. The molecule has 3 unspecified atom stereocenters. The number of carboxylic acid groups (broad SMARTS) is 2. The van der Waals surface area contributed by atoms with E-state index in [4.69, 9.17) is 16.6 Å². The number of rotatable bonds is 11. The first-order valence-corrected chi connectivity index (χ1v) is 7.66. The second kappa shape index (κ2) is 9.86. The van der Waals surface area contributed by atoms with Crippen LogP contribution in [0.25, 0.3) is 0 Å². The van der Waals surface area contributed by atoms with Gasteiger partial charge in [0.25, 0.3) is 0 Å². The van der Waals surface area contributed by atoms with E-state index in [2.05, 4.69) is 20.6 Å². The monoisotopic (exact) mass is 384 g/mol. The van der Waals surface area contributed by atoms with Gasteiger partial charge in [-0.25, -0.2) is 9.78 Å². The Morgan fingerprint density at radius 3 is 2.19 bits per heavy atom. The van der Waals surface area contributed by atoms with Gasteiger partial charge in [0.2, 0.25) is 17.7 Å². The van der Waals surface area contributed by atoms with Gasteiger partial charge in [0.05, 0.1) is 25.2 Å². The summed E-state index contributed by atoms with van der Waals surface area (Å²) >= 11 is 0. The molecule has 0 aliphatic heterocycles. The smallest absolute Gasteiger partial charge is 0.326 e. The number of primary amides is 1. The van der Waals surface area contributed by atoms with Crippen molar-refractivity contribution in [3.05, 3.63) is 18.2 Å². The number of hydrogen-bond donors (Lipinski definition) is 7. The van der Waals surface area contributed by atoms with Crippen LogP contribution in [0, 0.1) is 0 Å². The number of carbonyl (C=O) groups is 5. The van der Waals surface area contributed by atoms with Crippen LogP contribution in [-0.2, 0) is 30.4 Å². The summed E-state index contributed by atoms with van der Waals surface area (Å²) in [6.07, 6.45) is 1.21. The molecule has 0 aliphatic rings. The molecule has 0 bridgehead atoms. The van der Waals surface area contributed by atoms with Gasteiger partial charge in [-0.05, 0) is 0 Å². The van der Waals surface area contributed by atoms with E-state index in [0.29, 0.717) is 5.69 Å². The second-order valence-corrected chi connectivity index (χ2v) is 5.62. The Bertz CT molecular complexity index is 705. The Hall–Kier alpha value is -3.48. The summed E-state index contributed by atoms with van der Waals surface area (Å²) in [5.74, 6) is -5.66. The second-order valence-electron chi connectivity index (χ2n) is 5.62. The van der Waals surface area contributed by atoms with Crippen molar-refractivity contribution in [1.29, 1.82) is 0 Å². The van der Waals surface area contributed by atoms with Crippen LogP contribution >= 0.6 is 0 Å². The predicted octanol–water partition coefficient (Wildman–Crippen LogP) is -3.32. The van der Waals surface area contributed by atoms with Gasteiger partial charge in [0.1, 0.15) is 12.1 Å². The van der Waals surface area contributed by atoms with E-state index in [1.165, 1.54) is 12.5 Å². The van der Waals surface area contributed by atoms with Gasteiger partial charge in [-0.2, -0.15) is 0 Å². The molecule has 0 radical (unpaired) electrons. The molecule has 13 heteroatoms. The van der Waals surface area contributed by atoms with Gasteiger partial charge in [-0.3, -0.25) is 19.2 Å². The minimum atomic E-state index is -1.60. The number of amides is 3. The predicted molar refractivity (Wildman–Crippen MR) is 87.8 cm³/mol. The number of nitrogens with zero attached hydrogens (tertiary/aromatic N) is 1. The third-order valence-electron chi connectivity index (χ3n) is 3.36. The lowest BCUT2D eigenvalue weighted by Gasteiger charge is -2.21. The normalized spacial score (nSPS) is 13.8. The summed E-state index contributed by atoms with van der Waals surface area (Å²) in [5.41, 5.74) is 10.8. The van der Waals surface area contributed by atoms with Gasteiger partial charge < -0.3 is 37.3 Å². The molecule has 148 valence electrons. The fourth-order valence-electron chi connectivity index (χ4n) is 2.06. The summed E-state index contributed by atoms with van der Waals surface area (Å²) in [6.45, 7) is 0. The lowest BCUT2D eigenvalue weighted by molar-refractivity contribution is -0.143. The Morgan fingerprint density at radius 2 is 1.70 bits per heavy atom. The van der Waals surface area contributed by atoms with Gasteiger partial charge in [0.15, 0.2) is 0 Å².